The van der Waals surface area contributed by atoms with Crippen LogP contribution in [0.3, 0.4) is 0 Å². The summed E-state index contributed by atoms with van der Waals surface area (Å²) in [5.74, 6) is 0. The highest BCUT2D eigenvalue weighted by atomic mass is 16.6. The van der Waals surface area contributed by atoms with Crippen LogP contribution in [0.2, 0.25) is 0 Å². The summed E-state index contributed by atoms with van der Waals surface area (Å²) in [4.78, 5) is 9.94. The summed E-state index contributed by atoms with van der Waals surface area (Å²) >= 11 is 0. The van der Waals surface area contributed by atoms with Crippen LogP contribution >= 0.6 is 0 Å². The lowest BCUT2D eigenvalue weighted by Gasteiger charge is -2.01. The maximum absolute atomic E-state index is 10.5. The molecule has 0 spiro atoms. The number of benzene rings is 1. The highest BCUT2D eigenvalue weighted by Crippen LogP contribution is 2.18. The molecule has 74 valence electrons. The number of para-hydroxylation sites is 1. The molecule has 6 nitrogen and oxygen atoms in total. The molecule has 14 heavy (non-hydrogen) atoms. The number of oxime groups is 1. The van der Waals surface area contributed by atoms with E-state index in [9.17, 15) is 10.1 Å². The van der Waals surface area contributed by atoms with E-state index in [2.05, 4.69) is 5.16 Å². The van der Waals surface area contributed by atoms with Crippen LogP contribution in [0.25, 0.3) is 0 Å². The Morgan fingerprint density at radius 1 is 1.50 bits per heavy atom. The van der Waals surface area contributed by atoms with Crippen LogP contribution in [0.5, 0.6) is 0 Å². The summed E-state index contributed by atoms with van der Waals surface area (Å²) < 4.78 is 0. The lowest BCUT2D eigenvalue weighted by Crippen LogP contribution is -2.09. The highest BCUT2D eigenvalue weighted by molar-refractivity contribution is 6.04. The van der Waals surface area contributed by atoms with Gasteiger partial charge in [-0.1, -0.05) is 17.3 Å². The molecule has 1 aromatic rings. The van der Waals surface area contributed by atoms with Crippen molar-refractivity contribution in [3.8, 4) is 0 Å². The minimum atomic E-state index is -0.601. The molecule has 2 N–H and O–H groups in total. The minimum absolute atomic E-state index is 0.113. The molecular weight excluding hydrogens is 188 g/mol. The van der Waals surface area contributed by atoms with Crippen LogP contribution in [-0.2, 0) is 0 Å². The fourth-order valence-electron chi connectivity index (χ4n) is 1.05. The van der Waals surface area contributed by atoms with Crippen LogP contribution < -0.4 is 0 Å². The second-order valence-electron chi connectivity index (χ2n) is 2.48. The van der Waals surface area contributed by atoms with Gasteiger partial charge in [0.15, 0.2) is 0 Å². The van der Waals surface area contributed by atoms with Crippen LogP contribution in [0.1, 0.15) is 5.56 Å². The standard InChI is InChI=1S/C8H8N2O4/c11-5-7(9-12)6-3-1-2-4-8(6)10(13)14/h1-4,11-12H,5H2/b9-7+. The molecule has 1 aromatic carbocycles. The van der Waals surface area contributed by atoms with Gasteiger partial charge in [0.2, 0.25) is 0 Å². The van der Waals surface area contributed by atoms with Crippen molar-refractivity contribution in [1.29, 1.82) is 0 Å². The topological polar surface area (TPSA) is 96.0 Å². The summed E-state index contributed by atoms with van der Waals surface area (Å²) in [5, 5.41) is 30.6. The zero-order valence-electron chi connectivity index (χ0n) is 7.12. The molecule has 0 fully saturated rings. The van der Waals surface area contributed by atoms with E-state index >= 15 is 0 Å². The van der Waals surface area contributed by atoms with Crippen molar-refractivity contribution >= 4 is 11.4 Å². The molecule has 0 aliphatic heterocycles. The van der Waals surface area contributed by atoms with Gasteiger partial charge in [0.25, 0.3) is 5.69 Å². The first kappa shape index (κ1) is 10.1. The van der Waals surface area contributed by atoms with Gasteiger partial charge in [-0.05, 0) is 6.07 Å². The SMILES string of the molecule is O=[N+]([O-])c1ccccc1/C(CO)=N/O. The quantitative estimate of drug-likeness (QED) is 0.323. The van der Waals surface area contributed by atoms with Gasteiger partial charge in [0, 0.05) is 6.07 Å². The molecule has 0 radical (unpaired) electrons. The number of hydrogen-bond donors (Lipinski definition) is 2. The van der Waals surface area contributed by atoms with Crippen LogP contribution in [-0.4, -0.2) is 27.6 Å². The number of nitro benzene ring substituents is 1. The number of hydrogen-bond acceptors (Lipinski definition) is 5. The number of aliphatic hydroxyl groups excluding tert-OH is 1. The number of rotatable bonds is 3. The Morgan fingerprint density at radius 3 is 2.64 bits per heavy atom. The number of nitrogens with zero attached hydrogens (tertiary/aromatic N) is 2. The van der Waals surface area contributed by atoms with Gasteiger partial charge in [-0.15, -0.1) is 0 Å². The third kappa shape index (κ3) is 1.86. The smallest absolute Gasteiger partial charge is 0.278 e. The molecular formula is C8H8N2O4. The Bertz CT molecular complexity index is 375. The van der Waals surface area contributed by atoms with Gasteiger partial charge in [-0.25, -0.2) is 0 Å². The molecule has 0 aromatic heterocycles. The van der Waals surface area contributed by atoms with Crippen molar-refractivity contribution in [2.75, 3.05) is 6.61 Å². The van der Waals surface area contributed by atoms with Crippen LogP contribution in [0, 0.1) is 10.1 Å². The third-order valence-corrected chi connectivity index (χ3v) is 1.68. The third-order valence-electron chi connectivity index (χ3n) is 1.68. The Hall–Kier alpha value is -1.95. The Balaban J connectivity index is 3.26. The molecule has 0 aliphatic carbocycles. The van der Waals surface area contributed by atoms with Crippen LogP contribution in [0.15, 0.2) is 29.4 Å². The zero-order valence-corrected chi connectivity index (χ0v) is 7.12. The van der Waals surface area contributed by atoms with Crippen LogP contribution in [0.4, 0.5) is 5.69 Å². The first-order chi connectivity index (χ1) is 6.70. The van der Waals surface area contributed by atoms with Crippen molar-refractivity contribution in [3.05, 3.63) is 39.9 Å². The van der Waals surface area contributed by atoms with Crippen molar-refractivity contribution in [2.24, 2.45) is 5.16 Å². The normalized spacial score (nSPS) is 11.4. The van der Waals surface area contributed by atoms with Gasteiger partial charge < -0.3 is 10.3 Å². The summed E-state index contributed by atoms with van der Waals surface area (Å²) in [5.41, 5.74) is -0.214. The molecule has 0 unspecified atom stereocenters. The van der Waals surface area contributed by atoms with E-state index < -0.39 is 11.5 Å². The Morgan fingerprint density at radius 2 is 2.14 bits per heavy atom. The van der Waals surface area contributed by atoms with Gasteiger partial charge in [-0.3, -0.25) is 10.1 Å². The van der Waals surface area contributed by atoms with Crippen molar-refractivity contribution in [3.63, 3.8) is 0 Å². The molecule has 0 atom stereocenters. The number of nitro groups is 1. The molecule has 0 saturated carbocycles. The fourth-order valence-corrected chi connectivity index (χ4v) is 1.05. The van der Waals surface area contributed by atoms with Crippen molar-refractivity contribution in [1.82, 2.24) is 0 Å². The zero-order chi connectivity index (χ0) is 10.6. The van der Waals surface area contributed by atoms with E-state index in [1.54, 1.807) is 6.07 Å². The van der Waals surface area contributed by atoms with Crippen molar-refractivity contribution in [2.45, 2.75) is 0 Å². The molecule has 1 rings (SSSR count). The monoisotopic (exact) mass is 196 g/mol. The summed E-state index contributed by atoms with van der Waals surface area (Å²) in [6.07, 6.45) is 0. The summed E-state index contributed by atoms with van der Waals surface area (Å²) in [6.45, 7) is -0.554. The number of aliphatic hydroxyl groups is 1. The molecule has 6 heteroatoms. The van der Waals surface area contributed by atoms with Crippen molar-refractivity contribution < 1.29 is 15.2 Å². The van der Waals surface area contributed by atoms with Gasteiger partial charge in [0.1, 0.15) is 5.71 Å². The van der Waals surface area contributed by atoms with Gasteiger partial charge in [0.05, 0.1) is 17.1 Å². The first-order valence-electron chi connectivity index (χ1n) is 3.76. The van der Waals surface area contributed by atoms with Gasteiger partial charge in [-0.2, -0.15) is 0 Å². The second kappa shape index (κ2) is 4.33. The van der Waals surface area contributed by atoms with E-state index in [4.69, 9.17) is 10.3 Å². The molecule has 0 heterocycles. The van der Waals surface area contributed by atoms with E-state index in [0.717, 1.165) is 0 Å². The average Bonchev–Trinajstić information content (AvgIpc) is 2.20. The van der Waals surface area contributed by atoms with Gasteiger partial charge >= 0.3 is 0 Å². The summed E-state index contributed by atoms with van der Waals surface area (Å²) in [6, 6.07) is 5.73. The second-order valence-corrected chi connectivity index (χ2v) is 2.48. The maximum atomic E-state index is 10.5. The average molecular weight is 196 g/mol. The van der Waals surface area contributed by atoms with E-state index in [1.165, 1.54) is 18.2 Å². The minimum Gasteiger partial charge on any atom is -0.411 e. The molecule has 0 aliphatic rings. The summed E-state index contributed by atoms with van der Waals surface area (Å²) in [7, 11) is 0. The largest absolute Gasteiger partial charge is 0.411 e. The predicted molar refractivity (Wildman–Crippen MR) is 48.5 cm³/mol. The highest BCUT2D eigenvalue weighted by Gasteiger charge is 2.16. The lowest BCUT2D eigenvalue weighted by atomic mass is 10.1. The fraction of sp³-hybridized carbons (Fsp3) is 0.125. The molecule has 0 bridgehead atoms. The van der Waals surface area contributed by atoms with E-state index in [-0.39, 0.29) is 17.0 Å². The Kier molecular flexibility index (Phi) is 3.14. The molecule has 0 saturated heterocycles. The Labute approximate surface area is 79.3 Å². The predicted octanol–water partition coefficient (Wildman–Crippen LogP) is 0.765. The van der Waals surface area contributed by atoms with E-state index in [1.807, 2.05) is 0 Å². The van der Waals surface area contributed by atoms with E-state index in [0.29, 0.717) is 0 Å². The maximum Gasteiger partial charge on any atom is 0.278 e. The molecule has 0 amide bonds. The lowest BCUT2D eigenvalue weighted by molar-refractivity contribution is -0.385. The first-order valence-corrected chi connectivity index (χ1v) is 3.76.